The molecule has 0 saturated carbocycles. The summed E-state index contributed by atoms with van der Waals surface area (Å²) < 4.78 is 1.62. The zero-order chi connectivity index (χ0) is 14.0. The molecule has 0 aliphatic carbocycles. The minimum Gasteiger partial charge on any atom is -0.258 e. The van der Waals surface area contributed by atoms with Gasteiger partial charge < -0.3 is 0 Å². The van der Waals surface area contributed by atoms with Gasteiger partial charge in [-0.15, -0.1) is 5.10 Å². The molecule has 2 rings (SSSR count). The Balaban J connectivity index is 2.45. The van der Waals surface area contributed by atoms with Gasteiger partial charge in [-0.2, -0.15) is 0 Å². The van der Waals surface area contributed by atoms with Crippen molar-refractivity contribution in [2.75, 3.05) is 0 Å². The van der Waals surface area contributed by atoms with Gasteiger partial charge in [-0.1, -0.05) is 25.4 Å². The van der Waals surface area contributed by atoms with Crippen molar-refractivity contribution in [2.45, 2.75) is 20.4 Å². The summed E-state index contributed by atoms with van der Waals surface area (Å²) >= 11 is 5.78. The summed E-state index contributed by atoms with van der Waals surface area (Å²) in [5.74, 6) is 0.859. The lowest BCUT2D eigenvalue weighted by Crippen LogP contribution is -2.08. The topological polar surface area (TPSA) is 86.7 Å². The van der Waals surface area contributed by atoms with Gasteiger partial charge in [0, 0.05) is 18.2 Å². The predicted octanol–water partition coefficient (Wildman–Crippen LogP) is 2.56. The molecule has 0 fully saturated rings. The molecule has 0 aliphatic heterocycles. The van der Waals surface area contributed by atoms with E-state index in [0.29, 0.717) is 23.9 Å². The monoisotopic (exact) mass is 281 g/mol. The number of tetrazole rings is 1. The minimum absolute atomic E-state index is 0.0941. The Bertz CT molecular complexity index is 611. The number of nitrogens with zero attached hydrogens (tertiary/aromatic N) is 5. The van der Waals surface area contributed by atoms with Crippen LogP contribution in [0.3, 0.4) is 0 Å². The van der Waals surface area contributed by atoms with Gasteiger partial charge in [0.2, 0.25) is 0 Å². The van der Waals surface area contributed by atoms with Crippen molar-refractivity contribution in [3.05, 3.63) is 33.3 Å². The molecule has 1 heterocycles. The molecule has 19 heavy (non-hydrogen) atoms. The minimum atomic E-state index is -0.525. The number of aromatic nitrogens is 4. The van der Waals surface area contributed by atoms with Crippen LogP contribution in [-0.4, -0.2) is 25.1 Å². The third kappa shape index (κ3) is 2.87. The molecule has 8 heteroatoms. The van der Waals surface area contributed by atoms with Gasteiger partial charge >= 0.3 is 0 Å². The summed E-state index contributed by atoms with van der Waals surface area (Å²) in [6.45, 7) is 4.71. The molecule has 100 valence electrons. The number of benzene rings is 1. The van der Waals surface area contributed by atoms with E-state index < -0.39 is 4.92 Å². The average Bonchev–Trinajstić information content (AvgIpc) is 2.76. The second kappa shape index (κ2) is 5.31. The van der Waals surface area contributed by atoms with E-state index in [9.17, 15) is 10.1 Å². The molecule has 0 spiro atoms. The summed E-state index contributed by atoms with van der Waals surface area (Å²) in [6, 6.07) is 4.52. The lowest BCUT2D eigenvalue weighted by atomic mass is 10.1. The fourth-order valence-electron chi connectivity index (χ4n) is 1.67. The largest absolute Gasteiger partial charge is 0.288 e. The molecule has 0 bridgehead atoms. The molecule has 0 amide bonds. The second-order valence-electron chi connectivity index (χ2n) is 4.50. The van der Waals surface area contributed by atoms with Crippen LogP contribution in [0.15, 0.2) is 18.2 Å². The van der Waals surface area contributed by atoms with Gasteiger partial charge in [-0.3, -0.25) is 10.1 Å². The molecular formula is C11H12ClN5O2. The zero-order valence-electron chi connectivity index (χ0n) is 10.4. The number of rotatable bonds is 4. The number of nitro benzene ring substituents is 1. The van der Waals surface area contributed by atoms with Gasteiger partial charge in [0.15, 0.2) is 5.82 Å². The van der Waals surface area contributed by atoms with Crippen molar-refractivity contribution in [3.8, 4) is 11.4 Å². The maximum absolute atomic E-state index is 10.9. The Morgan fingerprint density at radius 1 is 1.47 bits per heavy atom. The fourth-order valence-corrected chi connectivity index (χ4v) is 1.86. The molecule has 1 aromatic heterocycles. The van der Waals surface area contributed by atoms with Crippen LogP contribution in [-0.2, 0) is 6.54 Å². The Labute approximate surface area is 114 Å². The predicted molar refractivity (Wildman–Crippen MR) is 69.8 cm³/mol. The van der Waals surface area contributed by atoms with Gasteiger partial charge in [0.05, 0.1) is 4.92 Å². The molecule has 2 aromatic rings. The van der Waals surface area contributed by atoms with Crippen LogP contribution >= 0.6 is 11.6 Å². The van der Waals surface area contributed by atoms with E-state index in [0.717, 1.165) is 0 Å². The number of nitro groups is 1. The van der Waals surface area contributed by atoms with Crippen LogP contribution in [0.2, 0.25) is 5.02 Å². The first-order valence-electron chi connectivity index (χ1n) is 5.69. The molecule has 0 saturated heterocycles. The third-order valence-corrected chi connectivity index (χ3v) is 2.79. The Morgan fingerprint density at radius 3 is 2.84 bits per heavy atom. The Kier molecular flexibility index (Phi) is 3.75. The smallest absolute Gasteiger partial charge is 0.258 e. The van der Waals surface area contributed by atoms with Gasteiger partial charge in [0.25, 0.3) is 5.69 Å². The molecule has 0 atom stereocenters. The summed E-state index contributed by atoms with van der Waals surface area (Å²) in [7, 11) is 0. The van der Waals surface area contributed by atoms with Crippen molar-refractivity contribution in [2.24, 2.45) is 5.92 Å². The van der Waals surface area contributed by atoms with E-state index in [-0.39, 0.29) is 10.7 Å². The van der Waals surface area contributed by atoms with E-state index >= 15 is 0 Å². The first-order chi connectivity index (χ1) is 8.99. The second-order valence-corrected chi connectivity index (χ2v) is 4.91. The molecular weight excluding hydrogens is 270 g/mol. The highest BCUT2D eigenvalue weighted by Gasteiger charge is 2.17. The van der Waals surface area contributed by atoms with Crippen LogP contribution in [0.5, 0.6) is 0 Å². The van der Waals surface area contributed by atoms with Crippen molar-refractivity contribution in [3.63, 3.8) is 0 Å². The molecule has 0 radical (unpaired) electrons. The highest BCUT2D eigenvalue weighted by atomic mass is 35.5. The van der Waals surface area contributed by atoms with E-state index in [1.165, 1.54) is 12.1 Å². The first-order valence-corrected chi connectivity index (χ1v) is 6.07. The number of halogens is 1. The molecule has 0 N–H and O–H groups in total. The molecule has 7 nitrogen and oxygen atoms in total. The first kappa shape index (κ1) is 13.4. The van der Waals surface area contributed by atoms with E-state index in [1.807, 2.05) is 13.8 Å². The van der Waals surface area contributed by atoms with Crippen LogP contribution in [0.1, 0.15) is 13.8 Å². The van der Waals surface area contributed by atoms with E-state index in [2.05, 4.69) is 15.5 Å². The van der Waals surface area contributed by atoms with Crippen molar-refractivity contribution in [1.82, 2.24) is 20.2 Å². The third-order valence-electron chi connectivity index (χ3n) is 2.47. The normalized spacial score (nSPS) is 10.9. The van der Waals surface area contributed by atoms with Crippen molar-refractivity contribution in [1.29, 1.82) is 0 Å². The molecule has 1 aromatic carbocycles. The Hall–Kier alpha value is -2.02. The zero-order valence-corrected chi connectivity index (χ0v) is 11.2. The van der Waals surface area contributed by atoms with Crippen LogP contribution in [0.25, 0.3) is 11.4 Å². The Morgan fingerprint density at radius 2 is 2.21 bits per heavy atom. The highest BCUT2D eigenvalue weighted by Crippen LogP contribution is 2.29. The van der Waals surface area contributed by atoms with Crippen LogP contribution < -0.4 is 0 Å². The van der Waals surface area contributed by atoms with Crippen molar-refractivity contribution < 1.29 is 4.92 Å². The SMILES string of the molecule is CC(C)Cn1nnnc1-c1ccc(Cl)c([N+](=O)[O-])c1. The average molecular weight is 282 g/mol. The van der Waals surface area contributed by atoms with E-state index in [1.54, 1.807) is 10.7 Å². The summed E-state index contributed by atoms with van der Waals surface area (Å²) in [6.07, 6.45) is 0. The summed E-state index contributed by atoms with van der Waals surface area (Å²) in [5.41, 5.74) is 0.417. The van der Waals surface area contributed by atoms with E-state index in [4.69, 9.17) is 11.6 Å². The van der Waals surface area contributed by atoms with Gasteiger partial charge in [-0.05, 0) is 28.5 Å². The standard InChI is InChI=1S/C11H12ClN5O2/c1-7(2)6-16-11(13-14-15-16)8-3-4-9(12)10(5-8)17(18)19/h3-5,7H,6H2,1-2H3. The van der Waals surface area contributed by atoms with Crippen LogP contribution in [0.4, 0.5) is 5.69 Å². The quantitative estimate of drug-likeness (QED) is 0.635. The highest BCUT2D eigenvalue weighted by molar-refractivity contribution is 6.32. The number of hydrogen-bond donors (Lipinski definition) is 0. The molecule has 0 aliphatic rings. The van der Waals surface area contributed by atoms with Crippen LogP contribution in [0, 0.1) is 16.0 Å². The maximum Gasteiger partial charge on any atom is 0.288 e. The summed E-state index contributed by atoms with van der Waals surface area (Å²) in [5, 5.41) is 22.4. The fraction of sp³-hybridized carbons (Fsp3) is 0.364. The van der Waals surface area contributed by atoms with Gasteiger partial charge in [-0.25, -0.2) is 4.68 Å². The van der Waals surface area contributed by atoms with Gasteiger partial charge in [0.1, 0.15) is 5.02 Å². The molecule has 0 unspecified atom stereocenters. The maximum atomic E-state index is 10.9. The lowest BCUT2D eigenvalue weighted by molar-refractivity contribution is -0.384. The number of hydrogen-bond acceptors (Lipinski definition) is 5. The lowest BCUT2D eigenvalue weighted by Gasteiger charge is -2.07. The summed E-state index contributed by atoms with van der Waals surface area (Å²) in [4.78, 5) is 10.3. The van der Waals surface area contributed by atoms with Crippen molar-refractivity contribution >= 4 is 17.3 Å².